The Morgan fingerprint density at radius 1 is 1.15 bits per heavy atom. The Morgan fingerprint density at radius 3 is 2.55 bits per heavy atom. The summed E-state index contributed by atoms with van der Waals surface area (Å²) >= 11 is 0. The normalized spacial score (nSPS) is 25.8. The second kappa shape index (κ2) is 5.54. The molecule has 2 unspecified atom stereocenters. The topological polar surface area (TPSA) is 85.1 Å². The minimum Gasteiger partial charge on any atom is -0.379 e. The number of nitrogens with two attached hydrogens (primary N) is 1. The van der Waals surface area contributed by atoms with E-state index in [1.54, 1.807) is 7.11 Å². The molecule has 2 saturated carbocycles. The van der Waals surface area contributed by atoms with Crippen LogP contribution in [-0.2, 0) is 4.74 Å². The van der Waals surface area contributed by atoms with Gasteiger partial charge in [-0.25, -0.2) is 15.8 Å². The second-order valence-electron chi connectivity index (χ2n) is 5.78. The minimum atomic E-state index is 0.267. The molecule has 0 radical (unpaired) electrons. The van der Waals surface area contributed by atoms with Gasteiger partial charge in [0, 0.05) is 18.6 Å². The van der Waals surface area contributed by atoms with Gasteiger partial charge in [0.15, 0.2) is 0 Å². The van der Waals surface area contributed by atoms with E-state index < -0.39 is 0 Å². The van der Waals surface area contributed by atoms with Crippen molar-refractivity contribution in [1.82, 2.24) is 9.97 Å². The van der Waals surface area contributed by atoms with Crippen LogP contribution in [0.2, 0.25) is 0 Å². The number of methoxy groups -OCH3 is 1. The number of hydrogen-bond donors (Lipinski definition) is 3. The van der Waals surface area contributed by atoms with Gasteiger partial charge in [-0.05, 0) is 39.0 Å². The maximum atomic E-state index is 5.58. The zero-order valence-electron chi connectivity index (χ0n) is 12.1. The van der Waals surface area contributed by atoms with Gasteiger partial charge in [0.25, 0.3) is 0 Å². The first-order chi connectivity index (χ1) is 9.72. The molecule has 0 aromatic carbocycles. The third-order valence-corrected chi connectivity index (χ3v) is 4.32. The molecule has 0 spiro atoms. The molecular weight excluding hydrogens is 254 g/mol. The highest BCUT2D eigenvalue weighted by atomic mass is 16.5. The zero-order chi connectivity index (χ0) is 14.1. The number of ether oxygens (including phenoxy) is 1. The van der Waals surface area contributed by atoms with E-state index in [0.29, 0.717) is 12.0 Å². The smallest absolute Gasteiger partial charge is 0.148 e. The van der Waals surface area contributed by atoms with Crippen LogP contribution in [0.3, 0.4) is 0 Å². The van der Waals surface area contributed by atoms with Crippen LogP contribution in [0, 0.1) is 6.92 Å². The number of hydrogen-bond acceptors (Lipinski definition) is 6. The molecule has 0 saturated heterocycles. The molecule has 2 aliphatic rings. The number of nitrogens with one attached hydrogen (secondary N) is 2. The number of anilines is 2. The number of nitrogen functional groups attached to an aromatic ring is 1. The van der Waals surface area contributed by atoms with Crippen LogP contribution < -0.4 is 16.6 Å². The van der Waals surface area contributed by atoms with Crippen molar-refractivity contribution in [3.63, 3.8) is 0 Å². The summed E-state index contributed by atoms with van der Waals surface area (Å²) in [5, 5.41) is 3.54. The Labute approximate surface area is 119 Å². The van der Waals surface area contributed by atoms with Crippen molar-refractivity contribution in [1.29, 1.82) is 0 Å². The molecule has 3 rings (SSSR count). The van der Waals surface area contributed by atoms with Gasteiger partial charge in [-0.15, -0.1) is 0 Å². The molecule has 20 heavy (non-hydrogen) atoms. The van der Waals surface area contributed by atoms with Gasteiger partial charge >= 0.3 is 0 Å². The summed E-state index contributed by atoms with van der Waals surface area (Å²) in [6.07, 6.45) is 6.04. The highest BCUT2D eigenvalue weighted by Gasteiger charge is 2.31. The van der Waals surface area contributed by atoms with E-state index in [-0.39, 0.29) is 6.10 Å². The first-order valence-electron chi connectivity index (χ1n) is 7.37. The van der Waals surface area contributed by atoms with Crippen molar-refractivity contribution in [3.8, 4) is 0 Å². The highest BCUT2D eigenvalue weighted by Crippen LogP contribution is 2.39. The summed E-state index contributed by atoms with van der Waals surface area (Å²) in [4.78, 5) is 9.21. The SMILES string of the molecule is COC1CCCC1Nc1nc(C2CC2)nc(NN)c1C. The van der Waals surface area contributed by atoms with Crippen molar-refractivity contribution in [2.75, 3.05) is 17.9 Å². The summed E-state index contributed by atoms with van der Waals surface area (Å²) < 4.78 is 5.54. The summed E-state index contributed by atoms with van der Waals surface area (Å²) in [5.41, 5.74) is 3.66. The lowest BCUT2D eigenvalue weighted by Crippen LogP contribution is -2.31. The molecule has 0 aliphatic heterocycles. The van der Waals surface area contributed by atoms with Crippen LogP contribution in [0.15, 0.2) is 0 Å². The Hall–Kier alpha value is -1.40. The largest absolute Gasteiger partial charge is 0.379 e. The maximum Gasteiger partial charge on any atom is 0.148 e. The predicted molar refractivity (Wildman–Crippen MR) is 78.6 cm³/mol. The standard InChI is InChI=1S/C14H23N5O/c1-8-12(16-10-4-3-5-11(10)20-2)17-14(9-6-7-9)18-13(8)19-15/h9-11H,3-7,15H2,1-2H3,(H2,16,17,18,19). The number of nitrogens with zero attached hydrogens (tertiary/aromatic N) is 2. The van der Waals surface area contributed by atoms with E-state index in [2.05, 4.69) is 15.7 Å². The summed E-state index contributed by atoms with van der Waals surface area (Å²) in [7, 11) is 1.78. The van der Waals surface area contributed by atoms with Crippen molar-refractivity contribution >= 4 is 11.6 Å². The second-order valence-corrected chi connectivity index (χ2v) is 5.78. The van der Waals surface area contributed by atoms with Gasteiger partial charge in [-0.1, -0.05) is 0 Å². The summed E-state index contributed by atoms with van der Waals surface area (Å²) in [5.74, 6) is 8.59. The van der Waals surface area contributed by atoms with E-state index in [0.717, 1.165) is 35.9 Å². The first kappa shape index (κ1) is 13.6. The molecule has 2 atom stereocenters. The van der Waals surface area contributed by atoms with Crippen LogP contribution >= 0.6 is 0 Å². The van der Waals surface area contributed by atoms with Crippen LogP contribution in [0.1, 0.15) is 49.4 Å². The van der Waals surface area contributed by atoms with E-state index >= 15 is 0 Å². The third-order valence-electron chi connectivity index (χ3n) is 4.32. The minimum absolute atomic E-state index is 0.267. The molecule has 0 bridgehead atoms. The average Bonchev–Trinajstić information content (AvgIpc) is 3.21. The number of rotatable bonds is 5. The lowest BCUT2D eigenvalue weighted by atomic mass is 10.2. The molecule has 2 fully saturated rings. The fraction of sp³-hybridized carbons (Fsp3) is 0.714. The predicted octanol–water partition coefficient (Wildman–Crippen LogP) is 1.93. The Morgan fingerprint density at radius 2 is 1.90 bits per heavy atom. The van der Waals surface area contributed by atoms with Gasteiger partial charge in [-0.2, -0.15) is 0 Å². The van der Waals surface area contributed by atoms with E-state index in [1.807, 2.05) is 6.92 Å². The fourth-order valence-electron chi connectivity index (χ4n) is 2.89. The Balaban J connectivity index is 1.85. The van der Waals surface area contributed by atoms with Crippen LogP contribution in [0.4, 0.5) is 11.6 Å². The molecule has 6 nitrogen and oxygen atoms in total. The van der Waals surface area contributed by atoms with Crippen LogP contribution in [0.25, 0.3) is 0 Å². The molecular formula is C14H23N5O. The zero-order valence-corrected chi connectivity index (χ0v) is 12.1. The molecule has 0 amide bonds. The molecule has 1 aromatic rings. The first-order valence-corrected chi connectivity index (χ1v) is 7.37. The van der Waals surface area contributed by atoms with Gasteiger partial charge in [0.2, 0.25) is 0 Å². The Bertz CT molecular complexity index is 489. The molecule has 4 N–H and O–H groups in total. The van der Waals surface area contributed by atoms with Gasteiger partial charge in [0.1, 0.15) is 17.5 Å². The van der Waals surface area contributed by atoms with Gasteiger partial charge < -0.3 is 15.5 Å². The van der Waals surface area contributed by atoms with Gasteiger partial charge in [0.05, 0.1) is 12.1 Å². The van der Waals surface area contributed by atoms with E-state index in [4.69, 9.17) is 15.6 Å². The molecule has 1 aromatic heterocycles. The molecule has 1 heterocycles. The van der Waals surface area contributed by atoms with E-state index in [9.17, 15) is 0 Å². The fourth-order valence-corrected chi connectivity index (χ4v) is 2.89. The molecule has 2 aliphatic carbocycles. The van der Waals surface area contributed by atoms with Crippen molar-refractivity contribution in [3.05, 3.63) is 11.4 Å². The third kappa shape index (κ3) is 2.58. The monoisotopic (exact) mass is 277 g/mol. The highest BCUT2D eigenvalue weighted by molar-refractivity contribution is 5.57. The molecule has 110 valence electrons. The number of aromatic nitrogens is 2. The Kier molecular flexibility index (Phi) is 3.76. The van der Waals surface area contributed by atoms with Crippen molar-refractivity contribution in [2.24, 2.45) is 5.84 Å². The molecule has 6 heteroatoms. The summed E-state index contributed by atoms with van der Waals surface area (Å²) in [6.45, 7) is 1.99. The maximum absolute atomic E-state index is 5.58. The lowest BCUT2D eigenvalue weighted by molar-refractivity contribution is 0.101. The number of hydrazine groups is 1. The average molecular weight is 277 g/mol. The van der Waals surface area contributed by atoms with Gasteiger partial charge in [-0.3, -0.25) is 0 Å². The lowest BCUT2D eigenvalue weighted by Gasteiger charge is -2.22. The van der Waals surface area contributed by atoms with Crippen LogP contribution in [-0.4, -0.2) is 29.2 Å². The summed E-state index contributed by atoms with van der Waals surface area (Å²) in [6, 6.07) is 0.325. The van der Waals surface area contributed by atoms with E-state index in [1.165, 1.54) is 19.3 Å². The van der Waals surface area contributed by atoms with Crippen molar-refractivity contribution in [2.45, 2.75) is 57.1 Å². The quantitative estimate of drug-likeness (QED) is 0.563. The van der Waals surface area contributed by atoms with Crippen LogP contribution in [0.5, 0.6) is 0 Å². The van der Waals surface area contributed by atoms with Crippen molar-refractivity contribution < 1.29 is 4.74 Å².